The Labute approximate surface area is 323 Å². The number of aromatic hydroxyl groups is 2. The summed E-state index contributed by atoms with van der Waals surface area (Å²) in [5.74, 6) is -0.316. The summed E-state index contributed by atoms with van der Waals surface area (Å²) >= 11 is 0. The first-order chi connectivity index (χ1) is 25.8. The monoisotopic (exact) mass is 764 g/mol. The number of piperazine rings is 2. The lowest BCUT2D eigenvalue weighted by molar-refractivity contribution is -0.121. The number of amides is 2. The van der Waals surface area contributed by atoms with Crippen molar-refractivity contribution in [2.75, 3.05) is 66.6 Å². The van der Waals surface area contributed by atoms with E-state index in [0.717, 1.165) is 0 Å². The molecular formula is C41H56N4O10. The number of carbonyl (C=O) groups is 4. The standard InChI is InChI=1S/C41H56N4O10/c1-40(2,3)54-38(50)44-17-13-42(14-18-44)26-30-21-28(23-34(52-7)36(30)48)9-11-32(46)25-33(47)12-10-29-22-31(37(49)35(24-29)53-8)27-43-15-19-45(20-16-43)39(51)55-41(4,5)6/h9-12,21-24,48-49H,13-20,25-27H2,1-8H3. The number of rotatable bonds is 12. The Morgan fingerprint density at radius 1 is 0.600 bits per heavy atom. The maximum Gasteiger partial charge on any atom is 0.410 e. The van der Waals surface area contributed by atoms with Gasteiger partial charge in [0.1, 0.15) is 11.2 Å². The molecule has 0 bridgehead atoms. The minimum absolute atomic E-state index is 0.00403. The molecule has 300 valence electrons. The Morgan fingerprint density at radius 2 is 0.945 bits per heavy atom. The van der Waals surface area contributed by atoms with Crippen molar-refractivity contribution in [2.24, 2.45) is 0 Å². The quantitative estimate of drug-likeness (QED) is 0.208. The highest BCUT2D eigenvalue weighted by atomic mass is 16.6. The lowest BCUT2D eigenvalue weighted by atomic mass is 10.0. The van der Waals surface area contributed by atoms with Gasteiger partial charge in [0, 0.05) is 76.6 Å². The molecular weight excluding hydrogens is 708 g/mol. The van der Waals surface area contributed by atoms with Crippen LogP contribution in [0.3, 0.4) is 0 Å². The van der Waals surface area contributed by atoms with E-state index in [9.17, 15) is 29.4 Å². The average molecular weight is 765 g/mol. The van der Waals surface area contributed by atoms with Crippen molar-refractivity contribution in [3.8, 4) is 23.0 Å². The second kappa shape index (κ2) is 18.5. The third-order valence-corrected chi connectivity index (χ3v) is 8.90. The van der Waals surface area contributed by atoms with E-state index in [2.05, 4.69) is 9.80 Å². The zero-order valence-corrected chi connectivity index (χ0v) is 33.3. The predicted molar refractivity (Wildman–Crippen MR) is 208 cm³/mol. The largest absolute Gasteiger partial charge is 0.504 e. The lowest BCUT2D eigenvalue weighted by Gasteiger charge is -2.35. The highest BCUT2D eigenvalue weighted by Crippen LogP contribution is 2.34. The third-order valence-electron chi connectivity index (χ3n) is 8.90. The number of benzene rings is 2. The molecule has 2 fully saturated rings. The fraction of sp³-hybridized carbons (Fsp3) is 0.512. The number of allylic oxidation sites excluding steroid dienone is 2. The van der Waals surface area contributed by atoms with Gasteiger partial charge in [-0.15, -0.1) is 0 Å². The summed E-state index contributed by atoms with van der Waals surface area (Å²) in [5, 5.41) is 21.7. The summed E-state index contributed by atoms with van der Waals surface area (Å²) in [5.41, 5.74) is 1.28. The van der Waals surface area contributed by atoms with Gasteiger partial charge in [-0.3, -0.25) is 19.4 Å². The van der Waals surface area contributed by atoms with Crippen LogP contribution in [0.15, 0.2) is 36.4 Å². The van der Waals surface area contributed by atoms with Crippen molar-refractivity contribution in [2.45, 2.75) is 72.3 Å². The van der Waals surface area contributed by atoms with Gasteiger partial charge in [0.25, 0.3) is 0 Å². The molecule has 2 saturated heterocycles. The Morgan fingerprint density at radius 3 is 1.25 bits per heavy atom. The lowest BCUT2D eigenvalue weighted by Crippen LogP contribution is -2.49. The Bertz CT molecular complexity index is 1630. The van der Waals surface area contributed by atoms with Gasteiger partial charge >= 0.3 is 12.2 Å². The van der Waals surface area contributed by atoms with Crippen LogP contribution in [-0.4, -0.2) is 131 Å². The number of nitrogens with zero attached hydrogens (tertiary/aromatic N) is 4. The first kappa shape index (κ1) is 42.7. The minimum atomic E-state index is -0.574. The van der Waals surface area contributed by atoms with Crippen molar-refractivity contribution in [1.82, 2.24) is 19.6 Å². The Hall–Kier alpha value is -5.08. The van der Waals surface area contributed by atoms with E-state index in [1.165, 1.54) is 26.4 Å². The molecule has 4 rings (SSSR count). The van der Waals surface area contributed by atoms with Crippen LogP contribution in [0.2, 0.25) is 0 Å². The number of hydrogen-bond acceptors (Lipinski definition) is 12. The van der Waals surface area contributed by atoms with Crippen LogP contribution < -0.4 is 9.47 Å². The first-order valence-corrected chi connectivity index (χ1v) is 18.5. The second-order valence-electron chi connectivity index (χ2n) is 15.7. The fourth-order valence-corrected chi connectivity index (χ4v) is 6.10. The predicted octanol–water partition coefficient (Wildman–Crippen LogP) is 5.48. The highest BCUT2D eigenvalue weighted by molar-refractivity contribution is 6.11. The van der Waals surface area contributed by atoms with Gasteiger partial charge in [-0.25, -0.2) is 9.59 Å². The number of ether oxygens (including phenoxy) is 4. The molecule has 14 nitrogen and oxygen atoms in total. The number of carbonyl (C=O) groups excluding carboxylic acids is 4. The van der Waals surface area contributed by atoms with E-state index in [4.69, 9.17) is 18.9 Å². The maximum atomic E-state index is 12.8. The molecule has 0 aromatic heterocycles. The third kappa shape index (κ3) is 13.0. The highest BCUT2D eigenvalue weighted by Gasteiger charge is 2.28. The first-order valence-electron chi connectivity index (χ1n) is 18.5. The van der Waals surface area contributed by atoms with Gasteiger partial charge < -0.3 is 39.0 Å². The van der Waals surface area contributed by atoms with Crippen molar-refractivity contribution >= 4 is 35.9 Å². The van der Waals surface area contributed by atoms with Crippen molar-refractivity contribution in [3.63, 3.8) is 0 Å². The SMILES string of the molecule is COc1cc(C=CC(=O)CC(=O)C=Cc2cc(CN3CCN(C(=O)OC(C)(C)C)CC3)c(O)c(OC)c2)cc(CN2CCN(C(=O)OC(C)(C)C)CC2)c1O. The molecule has 2 aromatic rings. The van der Waals surface area contributed by atoms with Gasteiger partial charge in [0.05, 0.1) is 20.6 Å². The van der Waals surface area contributed by atoms with E-state index in [0.29, 0.717) is 87.7 Å². The molecule has 0 saturated carbocycles. The molecule has 2 amide bonds. The molecule has 2 heterocycles. The molecule has 2 aromatic carbocycles. The Balaban J connectivity index is 1.34. The van der Waals surface area contributed by atoms with Crippen LogP contribution in [0.4, 0.5) is 9.59 Å². The maximum absolute atomic E-state index is 12.8. The van der Waals surface area contributed by atoms with Crippen LogP contribution in [0.25, 0.3) is 12.2 Å². The summed E-state index contributed by atoms with van der Waals surface area (Å²) in [4.78, 5) is 58.1. The number of hydrogen-bond donors (Lipinski definition) is 2. The molecule has 14 heteroatoms. The van der Waals surface area contributed by atoms with Crippen molar-refractivity contribution < 1.29 is 48.3 Å². The van der Waals surface area contributed by atoms with Gasteiger partial charge in [-0.05, 0) is 89.1 Å². The number of ketones is 2. The number of phenols is 2. The number of phenolic OH excluding ortho intramolecular Hbond substituents is 2. The normalized spacial score (nSPS) is 16.1. The van der Waals surface area contributed by atoms with Crippen LogP contribution in [0, 0.1) is 0 Å². The summed E-state index contributed by atoms with van der Waals surface area (Å²) in [6, 6.07) is 6.75. The molecule has 0 spiro atoms. The Kier molecular flexibility index (Phi) is 14.4. The van der Waals surface area contributed by atoms with E-state index in [1.807, 2.05) is 41.5 Å². The summed E-state index contributed by atoms with van der Waals surface area (Å²) in [6.45, 7) is 16.1. The van der Waals surface area contributed by atoms with E-state index in [1.54, 1.807) is 46.2 Å². The molecule has 0 aliphatic carbocycles. The van der Waals surface area contributed by atoms with Crippen molar-refractivity contribution in [3.05, 3.63) is 58.7 Å². The fourth-order valence-electron chi connectivity index (χ4n) is 6.10. The van der Waals surface area contributed by atoms with Gasteiger partial charge in [0.2, 0.25) is 0 Å². The van der Waals surface area contributed by atoms with Gasteiger partial charge in [-0.2, -0.15) is 0 Å². The minimum Gasteiger partial charge on any atom is -0.504 e. The smallest absolute Gasteiger partial charge is 0.410 e. The van der Waals surface area contributed by atoms with Crippen molar-refractivity contribution in [1.29, 1.82) is 0 Å². The summed E-state index contributed by atoms with van der Waals surface area (Å²) in [6.07, 6.45) is 4.75. The summed E-state index contributed by atoms with van der Waals surface area (Å²) < 4.78 is 21.7. The van der Waals surface area contributed by atoms with Crippen LogP contribution >= 0.6 is 0 Å². The second-order valence-corrected chi connectivity index (χ2v) is 15.7. The zero-order chi connectivity index (χ0) is 40.5. The average Bonchev–Trinajstić information content (AvgIpc) is 3.11. The van der Waals surface area contributed by atoms with Crippen LogP contribution in [-0.2, 0) is 32.2 Å². The van der Waals surface area contributed by atoms with Crippen LogP contribution in [0.1, 0.15) is 70.2 Å². The molecule has 55 heavy (non-hydrogen) atoms. The molecule has 0 atom stereocenters. The molecule has 2 aliphatic heterocycles. The number of methoxy groups -OCH3 is 2. The van der Waals surface area contributed by atoms with E-state index < -0.39 is 22.8 Å². The molecule has 2 aliphatic rings. The summed E-state index contributed by atoms with van der Waals surface area (Å²) in [7, 11) is 2.90. The van der Waals surface area contributed by atoms with Gasteiger partial charge in [-0.1, -0.05) is 12.2 Å². The molecule has 0 unspecified atom stereocenters. The van der Waals surface area contributed by atoms with Gasteiger partial charge in [0.15, 0.2) is 34.6 Å². The molecule has 2 N–H and O–H groups in total. The zero-order valence-electron chi connectivity index (χ0n) is 33.3. The van der Waals surface area contributed by atoms with Crippen LogP contribution in [0.5, 0.6) is 23.0 Å². The molecule has 0 radical (unpaired) electrons. The topological polar surface area (TPSA) is 159 Å². The van der Waals surface area contributed by atoms with E-state index in [-0.39, 0.29) is 41.6 Å². The van der Waals surface area contributed by atoms with E-state index >= 15 is 0 Å².